The summed E-state index contributed by atoms with van der Waals surface area (Å²) in [5.74, 6) is -4.61. The summed E-state index contributed by atoms with van der Waals surface area (Å²) in [5.41, 5.74) is 21.2. The SMILES string of the molecule is NC(=O)CCC(N)C(=O)NC(CCCN=C(N)N)C(=O)NC(CO)C(=O)NCC(=O)O. The summed E-state index contributed by atoms with van der Waals surface area (Å²) in [6.45, 7) is -1.37. The van der Waals surface area contributed by atoms with Crippen LogP contribution in [0.2, 0.25) is 0 Å². The number of nitrogens with zero attached hydrogens (tertiary/aromatic N) is 1. The van der Waals surface area contributed by atoms with Crippen LogP contribution in [0.3, 0.4) is 0 Å². The van der Waals surface area contributed by atoms with Crippen molar-refractivity contribution in [1.82, 2.24) is 16.0 Å². The Morgan fingerprint density at radius 1 is 0.903 bits per heavy atom. The van der Waals surface area contributed by atoms with Gasteiger partial charge in [0.15, 0.2) is 5.96 Å². The number of guanidine groups is 1. The molecule has 15 nitrogen and oxygen atoms in total. The molecule has 0 radical (unpaired) electrons. The Kier molecular flexibility index (Phi) is 12.9. The number of primary amides is 1. The number of aliphatic hydroxyl groups excluding tert-OH is 1. The molecule has 0 aliphatic heterocycles. The Hall–Kier alpha value is -3.46. The van der Waals surface area contributed by atoms with Crippen molar-refractivity contribution in [1.29, 1.82) is 0 Å². The maximum absolute atomic E-state index is 12.6. The normalized spacial score (nSPS) is 13.2. The molecule has 13 N–H and O–H groups in total. The zero-order chi connectivity index (χ0) is 24.0. The van der Waals surface area contributed by atoms with Gasteiger partial charge in [-0.05, 0) is 19.3 Å². The van der Waals surface area contributed by atoms with Gasteiger partial charge in [-0.15, -0.1) is 0 Å². The van der Waals surface area contributed by atoms with Crippen LogP contribution in [0.5, 0.6) is 0 Å². The summed E-state index contributed by atoms with van der Waals surface area (Å²) < 4.78 is 0. The number of carbonyl (C=O) groups is 5. The predicted octanol–water partition coefficient (Wildman–Crippen LogP) is -5.20. The number of carboxylic acid groups (broad SMARTS) is 1. The number of carboxylic acids is 1. The molecular weight excluding hydrogens is 416 g/mol. The van der Waals surface area contributed by atoms with Gasteiger partial charge in [0, 0.05) is 13.0 Å². The number of carbonyl (C=O) groups excluding carboxylic acids is 4. The van der Waals surface area contributed by atoms with Crippen LogP contribution in [0.4, 0.5) is 0 Å². The summed E-state index contributed by atoms with van der Waals surface area (Å²) in [4.78, 5) is 61.9. The molecule has 3 atom stereocenters. The van der Waals surface area contributed by atoms with Crippen LogP contribution in [0.15, 0.2) is 4.99 Å². The molecule has 15 heteroatoms. The van der Waals surface area contributed by atoms with Crippen LogP contribution >= 0.6 is 0 Å². The van der Waals surface area contributed by atoms with Crippen LogP contribution in [0.25, 0.3) is 0 Å². The molecule has 0 fully saturated rings. The zero-order valence-corrected chi connectivity index (χ0v) is 16.9. The van der Waals surface area contributed by atoms with Crippen molar-refractivity contribution in [3.8, 4) is 0 Å². The fraction of sp³-hybridized carbons (Fsp3) is 0.625. The van der Waals surface area contributed by atoms with E-state index >= 15 is 0 Å². The Bertz CT molecular complexity index is 681. The average Bonchev–Trinajstić information content (AvgIpc) is 2.69. The third-order valence-electron chi connectivity index (χ3n) is 3.85. The predicted molar refractivity (Wildman–Crippen MR) is 108 cm³/mol. The average molecular weight is 446 g/mol. The second-order valence-electron chi connectivity index (χ2n) is 6.48. The van der Waals surface area contributed by atoms with Gasteiger partial charge in [0.2, 0.25) is 23.6 Å². The van der Waals surface area contributed by atoms with Gasteiger partial charge in [0.1, 0.15) is 18.6 Å². The molecule has 0 saturated heterocycles. The van der Waals surface area contributed by atoms with Gasteiger partial charge >= 0.3 is 5.97 Å². The lowest BCUT2D eigenvalue weighted by molar-refractivity contribution is -0.139. The highest BCUT2D eigenvalue weighted by Crippen LogP contribution is 2.02. The van der Waals surface area contributed by atoms with Crippen molar-refractivity contribution in [3.05, 3.63) is 0 Å². The first-order valence-corrected chi connectivity index (χ1v) is 9.28. The molecule has 31 heavy (non-hydrogen) atoms. The molecule has 0 heterocycles. The minimum atomic E-state index is -1.45. The molecule has 0 aromatic heterocycles. The molecular formula is C16H30N8O7. The minimum Gasteiger partial charge on any atom is -0.480 e. The molecule has 0 aliphatic carbocycles. The van der Waals surface area contributed by atoms with E-state index < -0.39 is 60.9 Å². The topological polar surface area (TPSA) is 278 Å². The van der Waals surface area contributed by atoms with E-state index in [4.69, 9.17) is 28.0 Å². The van der Waals surface area contributed by atoms with E-state index in [1.54, 1.807) is 0 Å². The number of rotatable bonds is 15. The van der Waals surface area contributed by atoms with Crippen LogP contribution in [-0.4, -0.2) is 83.6 Å². The van der Waals surface area contributed by atoms with E-state index in [1.165, 1.54) is 0 Å². The Morgan fingerprint density at radius 2 is 1.52 bits per heavy atom. The number of hydrogen-bond acceptors (Lipinski definition) is 8. The van der Waals surface area contributed by atoms with Gasteiger partial charge in [-0.3, -0.25) is 29.0 Å². The quantitative estimate of drug-likeness (QED) is 0.0654. The molecule has 0 aliphatic rings. The van der Waals surface area contributed by atoms with Crippen molar-refractivity contribution in [2.45, 2.75) is 43.8 Å². The number of nitrogens with one attached hydrogen (secondary N) is 3. The molecule has 4 amide bonds. The third-order valence-corrected chi connectivity index (χ3v) is 3.85. The fourth-order valence-electron chi connectivity index (χ4n) is 2.23. The molecule has 0 saturated carbocycles. The molecule has 0 aromatic carbocycles. The van der Waals surface area contributed by atoms with Gasteiger partial charge in [0.05, 0.1) is 12.6 Å². The van der Waals surface area contributed by atoms with E-state index in [9.17, 15) is 29.1 Å². The summed E-state index contributed by atoms with van der Waals surface area (Å²) in [5, 5.41) is 24.6. The van der Waals surface area contributed by atoms with E-state index in [-0.39, 0.29) is 38.2 Å². The van der Waals surface area contributed by atoms with Gasteiger partial charge in [-0.2, -0.15) is 0 Å². The molecule has 0 aromatic rings. The Labute approximate surface area is 178 Å². The summed E-state index contributed by atoms with van der Waals surface area (Å²) >= 11 is 0. The highest BCUT2D eigenvalue weighted by Gasteiger charge is 2.27. The first kappa shape index (κ1) is 27.5. The third kappa shape index (κ3) is 12.7. The maximum Gasteiger partial charge on any atom is 0.322 e. The number of amides is 4. The van der Waals surface area contributed by atoms with Crippen LogP contribution in [-0.2, 0) is 24.0 Å². The second-order valence-corrected chi connectivity index (χ2v) is 6.48. The summed E-state index contributed by atoms with van der Waals surface area (Å²) in [6.07, 6.45) is 0.139. The van der Waals surface area contributed by atoms with Gasteiger partial charge in [-0.25, -0.2) is 0 Å². The highest BCUT2D eigenvalue weighted by molar-refractivity contribution is 5.93. The monoisotopic (exact) mass is 446 g/mol. The smallest absolute Gasteiger partial charge is 0.322 e. The lowest BCUT2D eigenvalue weighted by Crippen LogP contribution is -2.57. The van der Waals surface area contributed by atoms with Gasteiger partial charge in [0.25, 0.3) is 0 Å². The van der Waals surface area contributed by atoms with Crippen LogP contribution in [0, 0.1) is 0 Å². The van der Waals surface area contributed by atoms with Crippen molar-refractivity contribution >= 4 is 35.6 Å². The van der Waals surface area contributed by atoms with Gasteiger partial charge in [-0.1, -0.05) is 0 Å². The number of aliphatic imine (C=N–C) groups is 1. The summed E-state index contributed by atoms with van der Waals surface area (Å²) in [6, 6.07) is -3.75. The second kappa shape index (κ2) is 14.5. The summed E-state index contributed by atoms with van der Waals surface area (Å²) in [7, 11) is 0. The minimum absolute atomic E-state index is 0.0413. The number of hydrogen-bond donors (Lipinski definition) is 9. The molecule has 3 unspecified atom stereocenters. The van der Waals surface area contributed by atoms with E-state index in [1.807, 2.05) is 5.32 Å². The molecule has 0 spiro atoms. The van der Waals surface area contributed by atoms with E-state index in [0.717, 1.165) is 0 Å². The number of aliphatic hydroxyl groups is 1. The molecule has 0 bridgehead atoms. The van der Waals surface area contributed by atoms with Crippen molar-refractivity contribution in [2.75, 3.05) is 19.7 Å². The van der Waals surface area contributed by atoms with Crippen LogP contribution in [0.1, 0.15) is 25.7 Å². The lowest BCUT2D eigenvalue weighted by atomic mass is 10.1. The number of aliphatic carboxylic acids is 1. The standard InChI is InChI=1S/C16H30N8O7/c17-8(3-4-11(18)26)13(29)23-9(2-1-5-21-16(19)20)15(31)24-10(7-25)14(30)22-6-12(27)28/h8-10,25H,1-7,17H2,(H2,18,26)(H,22,30)(H,23,29)(H,24,31)(H,27,28)(H4,19,20,21). The van der Waals surface area contributed by atoms with E-state index in [2.05, 4.69) is 15.6 Å². The van der Waals surface area contributed by atoms with E-state index in [0.29, 0.717) is 0 Å². The Morgan fingerprint density at radius 3 is 2.03 bits per heavy atom. The lowest BCUT2D eigenvalue weighted by Gasteiger charge is -2.23. The molecule has 0 rings (SSSR count). The first-order valence-electron chi connectivity index (χ1n) is 9.28. The van der Waals surface area contributed by atoms with Crippen molar-refractivity contribution < 1.29 is 34.2 Å². The van der Waals surface area contributed by atoms with Gasteiger partial charge < -0.3 is 49.1 Å². The fourth-order valence-corrected chi connectivity index (χ4v) is 2.23. The largest absolute Gasteiger partial charge is 0.480 e. The Balaban J connectivity index is 5.13. The van der Waals surface area contributed by atoms with Crippen molar-refractivity contribution in [3.63, 3.8) is 0 Å². The molecule has 176 valence electrons. The van der Waals surface area contributed by atoms with Crippen LogP contribution < -0.4 is 38.9 Å². The van der Waals surface area contributed by atoms with Crippen molar-refractivity contribution in [2.24, 2.45) is 27.9 Å². The number of nitrogens with two attached hydrogens (primary N) is 4. The first-order chi connectivity index (χ1) is 14.5. The highest BCUT2D eigenvalue weighted by atomic mass is 16.4. The zero-order valence-electron chi connectivity index (χ0n) is 16.9. The maximum atomic E-state index is 12.6.